The van der Waals surface area contributed by atoms with Gasteiger partial charge >= 0.3 is 0 Å². The third-order valence-corrected chi connectivity index (χ3v) is 8.74. The van der Waals surface area contributed by atoms with Crippen LogP contribution in [0.2, 0.25) is 0 Å². The zero-order valence-electron chi connectivity index (χ0n) is 21.2. The van der Waals surface area contributed by atoms with Gasteiger partial charge in [0, 0.05) is 26.2 Å². The first-order valence-corrected chi connectivity index (χ1v) is 13.2. The first kappa shape index (κ1) is 25.9. The molecule has 2 bridgehead atoms. The zero-order valence-corrected chi connectivity index (χ0v) is 21.2. The minimum Gasteiger partial charge on any atom is -0.394 e. The van der Waals surface area contributed by atoms with Crippen LogP contribution in [0.15, 0.2) is 25.3 Å². The lowest BCUT2D eigenvalue weighted by atomic mass is 9.70. The highest BCUT2D eigenvalue weighted by atomic mass is 16.5. The monoisotopic (exact) mass is 487 g/mol. The van der Waals surface area contributed by atoms with Crippen LogP contribution in [-0.4, -0.2) is 94.1 Å². The van der Waals surface area contributed by atoms with Crippen molar-refractivity contribution in [2.45, 2.75) is 88.1 Å². The largest absolute Gasteiger partial charge is 0.394 e. The van der Waals surface area contributed by atoms with E-state index >= 15 is 0 Å². The number of aliphatic hydroxyl groups is 1. The standard InChI is InChI=1S/C27H41N3O5/c1-5-15-28(4)24(32)21-20-13-14-27(35-20)22(21)25(33)30(18(7-3)17-31)23(27)26(34)29(16-6-2)19-11-9-8-10-12-19/h5-6,18-23,31H,1-2,7-17H2,3-4H3/t18-,20+,21-,22-,23?,27?/m0/s1. The molecule has 0 aromatic carbocycles. The summed E-state index contributed by atoms with van der Waals surface area (Å²) in [4.78, 5) is 46.9. The van der Waals surface area contributed by atoms with Crippen LogP contribution in [-0.2, 0) is 19.1 Å². The van der Waals surface area contributed by atoms with Gasteiger partial charge in [-0.3, -0.25) is 14.4 Å². The van der Waals surface area contributed by atoms with E-state index in [-0.39, 0.29) is 36.5 Å². The van der Waals surface area contributed by atoms with E-state index in [0.717, 1.165) is 25.7 Å². The lowest BCUT2D eigenvalue weighted by molar-refractivity contribution is -0.153. The molecule has 3 saturated heterocycles. The molecule has 0 aromatic heterocycles. The third kappa shape index (κ3) is 4.12. The number of carbonyl (C=O) groups excluding carboxylic acids is 3. The second-order valence-corrected chi connectivity index (χ2v) is 10.6. The first-order chi connectivity index (χ1) is 16.9. The Hall–Kier alpha value is -2.19. The molecule has 8 heteroatoms. The van der Waals surface area contributed by atoms with Crippen LogP contribution in [0.25, 0.3) is 0 Å². The van der Waals surface area contributed by atoms with E-state index in [2.05, 4.69) is 13.2 Å². The average Bonchev–Trinajstić information content (AvgIpc) is 3.51. The molecule has 3 heterocycles. The van der Waals surface area contributed by atoms with Gasteiger partial charge in [0.25, 0.3) is 0 Å². The molecule has 1 saturated carbocycles. The van der Waals surface area contributed by atoms with E-state index in [4.69, 9.17) is 4.74 Å². The maximum atomic E-state index is 14.4. The van der Waals surface area contributed by atoms with Gasteiger partial charge in [0.2, 0.25) is 17.7 Å². The molecule has 1 N–H and O–H groups in total. The Morgan fingerprint density at radius 3 is 2.46 bits per heavy atom. The zero-order chi connectivity index (χ0) is 25.3. The van der Waals surface area contributed by atoms with Gasteiger partial charge in [0.15, 0.2) is 0 Å². The second-order valence-electron chi connectivity index (χ2n) is 10.6. The lowest BCUT2D eigenvalue weighted by Crippen LogP contribution is -2.60. The number of aliphatic hydroxyl groups excluding tert-OH is 1. The topological polar surface area (TPSA) is 90.4 Å². The van der Waals surface area contributed by atoms with E-state index in [1.807, 2.05) is 11.8 Å². The normalized spacial score (nSPS) is 32.9. The summed E-state index contributed by atoms with van der Waals surface area (Å²) in [6.07, 6.45) is 9.93. The highest BCUT2D eigenvalue weighted by Crippen LogP contribution is 2.59. The number of hydrogen-bond acceptors (Lipinski definition) is 5. The highest BCUT2D eigenvalue weighted by molar-refractivity contribution is 5.99. The third-order valence-electron chi connectivity index (χ3n) is 8.74. The summed E-state index contributed by atoms with van der Waals surface area (Å²) < 4.78 is 6.54. The highest BCUT2D eigenvalue weighted by Gasteiger charge is 2.75. The molecular weight excluding hydrogens is 446 g/mol. The molecular formula is C27H41N3O5. The van der Waals surface area contributed by atoms with Crippen LogP contribution in [0, 0.1) is 11.8 Å². The Morgan fingerprint density at radius 1 is 1.17 bits per heavy atom. The molecule has 1 spiro atoms. The van der Waals surface area contributed by atoms with Gasteiger partial charge in [-0.15, -0.1) is 13.2 Å². The number of fused-ring (bicyclic) bond motifs is 1. The van der Waals surface area contributed by atoms with Crippen molar-refractivity contribution in [3.05, 3.63) is 25.3 Å². The molecule has 4 aliphatic rings. The fraction of sp³-hybridized carbons (Fsp3) is 0.741. The number of amides is 3. The second kappa shape index (κ2) is 10.4. The summed E-state index contributed by atoms with van der Waals surface area (Å²) >= 11 is 0. The van der Waals surface area contributed by atoms with Gasteiger partial charge in [0.05, 0.1) is 30.6 Å². The predicted octanol–water partition coefficient (Wildman–Crippen LogP) is 2.12. The van der Waals surface area contributed by atoms with Crippen LogP contribution >= 0.6 is 0 Å². The van der Waals surface area contributed by atoms with Gasteiger partial charge in [-0.1, -0.05) is 38.3 Å². The van der Waals surface area contributed by atoms with E-state index in [1.165, 1.54) is 6.42 Å². The van der Waals surface area contributed by atoms with Crippen LogP contribution in [0.4, 0.5) is 0 Å². The number of ether oxygens (including phenoxy) is 1. The van der Waals surface area contributed by atoms with Crippen molar-refractivity contribution in [1.29, 1.82) is 0 Å². The molecule has 2 unspecified atom stereocenters. The van der Waals surface area contributed by atoms with E-state index < -0.39 is 29.5 Å². The molecule has 0 aromatic rings. The predicted molar refractivity (Wildman–Crippen MR) is 132 cm³/mol. The number of likely N-dealkylation sites (N-methyl/N-ethyl adjacent to an activating group) is 1. The van der Waals surface area contributed by atoms with Crippen LogP contribution < -0.4 is 0 Å². The number of carbonyl (C=O) groups is 3. The van der Waals surface area contributed by atoms with Gasteiger partial charge < -0.3 is 24.5 Å². The number of likely N-dealkylation sites (tertiary alicyclic amines) is 1. The molecule has 0 radical (unpaired) electrons. The summed E-state index contributed by atoms with van der Waals surface area (Å²) in [5.74, 6) is -1.85. The maximum absolute atomic E-state index is 14.4. The molecule has 35 heavy (non-hydrogen) atoms. The SMILES string of the molecule is C=CCN(C)C(=O)[C@@H]1[C@H]2C(=O)N([C@@H](CC)CO)C(C(=O)N(CC=C)C3CCCCC3)C23CC[C@H]1O3. The number of rotatable bonds is 10. The van der Waals surface area contributed by atoms with E-state index in [0.29, 0.717) is 32.4 Å². The molecule has 6 atom stereocenters. The van der Waals surface area contributed by atoms with Crippen molar-refractivity contribution in [1.82, 2.24) is 14.7 Å². The van der Waals surface area contributed by atoms with Crippen molar-refractivity contribution in [3.8, 4) is 0 Å². The Labute approximate surface area is 208 Å². The molecule has 194 valence electrons. The molecule has 3 aliphatic heterocycles. The quantitative estimate of drug-likeness (QED) is 0.477. The van der Waals surface area contributed by atoms with Crippen LogP contribution in [0.3, 0.4) is 0 Å². The molecule has 1 aliphatic carbocycles. The van der Waals surface area contributed by atoms with E-state index in [9.17, 15) is 19.5 Å². The Balaban J connectivity index is 1.75. The van der Waals surface area contributed by atoms with Gasteiger partial charge in [-0.05, 0) is 32.1 Å². The minimum absolute atomic E-state index is 0.102. The fourth-order valence-corrected chi connectivity index (χ4v) is 7.10. The number of hydrogen-bond donors (Lipinski definition) is 1. The Kier molecular flexibility index (Phi) is 7.71. The summed E-state index contributed by atoms with van der Waals surface area (Å²) in [6.45, 7) is 10.1. The summed E-state index contributed by atoms with van der Waals surface area (Å²) in [6, 6.07) is -1.24. The first-order valence-electron chi connectivity index (χ1n) is 13.2. The molecule has 8 nitrogen and oxygen atoms in total. The minimum atomic E-state index is -1.04. The van der Waals surface area contributed by atoms with Crippen molar-refractivity contribution in [2.24, 2.45) is 11.8 Å². The van der Waals surface area contributed by atoms with Crippen molar-refractivity contribution >= 4 is 17.7 Å². The summed E-state index contributed by atoms with van der Waals surface area (Å²) in [5, 5.41) is 10.2. The fourth-order valence-electron chi connectivity index (χ4n) is 7.10. The van der Waals surface area contributed by atoms with Crippen LogP contribution in [0.5, 0.6) is 0 Å². The summed E-state index contributed by atoms with van der Waals surface area (Å²) in [5.41, 5.74) is -1.04. The van der Waals surface area contributed by atoms with Gasteiger partial charge in [-0.2, -0.15) is 0 Å². The van der Waals surface area contributed by atoms with Crippen molar-refractivity contribution < 1.29 is 24.2 Å². The van der Waals surface area contributed by atoms with E-state index in [1.54, 1.807) is 29.0 Å². The van der Waals surface area contributed by atoms with Gasteiger partial charge in [0.1, 0.15) is 11.6 Å². The molecule has 4 rings (SSSR count). The van der Waals surface area contributed by atoms with Crippen LogP contribution in [0.1, 0.15) is 58.3 Å². The Morgan fingerprint density at radius 2 is 1.86 bits per heavy atom. The van der Waals surface area contributed by atoms with Crippen molar-refractivity contribution in [2.75, 3.05) is 26.7 Å². The summed E-state index contributed by atoms with van der Waals surface area (Å²) in [7, 11) is 1.71. The lowest BCUT2D eigenvalue weighted by Gasteiger charge is -2.42. The Bertz CT molecular complexity index is 852. The van der Waals surface area contributed by atoms with Gasteiger partial charge in [-0.25, -0.2) is 0 Å². The smallest absolute Gasteiger partial charge is 0.248 e. The average molecular weight is 488 g/mol. The molecule has 4 fully saturated rings. The maximum Gasteiger partial charge on any atom is 0.248 e. The number of nitrogens with zero attached hydrogens (tertiary/aromatic N) is 3. The molecule has 3 amide bonds. The van der Waals surface area contributed by atoms with Crippen molar-refractivity contribution in [3.63, 3.8) is 0 Å².